The first-order chi connectivity index (χ1) is 69.1. The molecule has 0 saturated carbocycles. The smallest absolute Gasteiger partial charge is 0.417 e. The minimum Gasteiger partial charge on any atom is -0.481 e. The Labute approximate surface area is 838 Å². The highest BCUT2D eigenvalue weighted by atomic mass is 16.6. The molecule has 0 rings (SSSR count). The molecule has 147 heavy (non-hydrogen) atoms. The average Bonchev–Trinajstić information content (AvgIpc) is 0.828. The van der Waals surface area contributed by atoms with Crippen LogP contribution in [0, 0.1) is 27.1 Å². The van der Waals surface area contributed by atoms with E-state index in [1.165, 1.54) is 6.92 Å². The predicted octanol–water partition coefficient (Wildman–Crippen LogP) is 2.18. The van der Waals surface area contributed by atoms with E-state index in [9.17, 15) is 125 Å². The number of ether oxygens (including phenoxy) is 22. The minimum atomic E-state index is -1.87. The number of carboxylic acids is 5. The summed E-state index contributed by atoms with van der Waals surface area (Å²) >= 11 is 0. The third-order valence-corrected chi connectivity index (χ3v) is 16.3. The number of aliphatic carboxylic acids is 5. The van der Waals surface area contributed by atoms with Gasteiger partial charge in [0.1, 0.15) is 155 Å². The van der Waals surface area contributed by atoms with Gasteiger partial charge in [-0.2, -0.15) is 0 Å². The zero-order chi connectivity index (χ0) is 113. The van der Waals surface area contributed by atoms with Gasteiger partial charge in [-0.15, -0.1) is 0 Å². The quantitative estimate of drug-likeness (QED) is 0.0191. The van der Waals surface area contributed by atoms with Gasteiger partial charge < -0.3 is 130 Å². The van der Waals surface area contributed by atoms with Crippen molar-refractivity contribution in [1.82, 2.24) is 0 Å². The Morgan fingerprint density at radius 1 is 0.211 bits per heavy atom. The third-order valence-electron chi connectivity index (χ3n) is 16.3. The molecule has 0 aliphatic carbocycles. The van der Waals surface area contributed by atoms with Crippen molar-refractivity contribution in [3.63, 3.8) is 0 Å². The number of rotatable bonds is 72. The number of hydrogen-bond donors (Lipinski definition) is 5. The third kappa shape index (κ3) is 71.2. The molecule has 808 valence electrons. The molecule has 0 aliphatic rings. The summed E-state index contributed by atoms with van der Waals surface area (Å²) in [7, 11) is 0. The standard InChI is InChI=1S/C29H36O15.C18H22O10.C17H20O10.C16H18O10.C14H18O8/c1-6-22(32)39-15-28(16-40-23(33)7-2,17-41-24(34)8-3)13-38-14-29(18-42-25(35)9-4,19-43-26(36)10-5)20-44-27(37)12-11-21(30)31;1-4-14(21)25-9-18(10-26-15(22)5-2,11-27-16(23)6-3)12-28-17(24)8-7-13(19)20;1-4-13(20)24-8-17(9-25-14(21)5-2,10-26-15(22)6-3)11-27-16(23)7-12(18)19;1-4-11(17)23-7-16(8-24-12(18)5-2,9-25-13(19)6-3)10-26-15(22)14(20)21;1-4-12(17)22-10(8-21-14(19)9(2)3)7-20-13(18)6-5-11(15)16/h6-10H,1-5,11-20H2,(H,30,31);4-6H,1-3,7-12H2,(H,19,20);4-6H,1-3,7-11H2,(H,18,19);4-6H,1-3,7-10H2,(H,20,21);4,10H,1-2,5-8H2,3H3,(H,15,16). The summed E-state index contributed by atoms with van der Waals surface area (Å²) < 4.78 is 110. The van der Waals surface area contributed by atoms with Gasteiger partial charge in [-0.3, -0.25) is 38.4 Å². The minimum absolute atomic E-state index is 0.159. The van der Waals surface area contributed by atoms with Gasteiger partial charge in [0.2, 0.25) is 0 Å². The summed E-state index contributed by atoms with van der Waals surface area (Å²) in [4.78, 5) is 295. The largest absolute Gasteiger partial charge is 0.481 e. The second-order valence-electron chi connectivity index (χ2n) is 28.8. The molecule has 5 N–H and O–H groups in total. The topological polar surface area (TPSA) is 748 Å². The molecule has 0 spiro atoms. The van der Waals surface area contributed by atoms with Crippen molar-refractivity contribution in [2.45, 2.75) is 58.0 Å². The highest BCUT2D eigenvalue weighted by Gasteiger charge is 2.44. The van der Waals surface area contributed by atoms with E-state index in [4.69, 9.17) is 125 Å². The van der Waals surface area contributed by atoms with Crippen LogP contribution in [0.4, 0.5) is 0 Å². The Bertz CT molecular complexity index is 4490. The highest BCUT2D eigenvalue weighted by Crippen LogP contribution is 2.29. The Hall–Kier alpha value is -18.0. The Balaban J connectivity index is -0.000000585. The molecule has 0 fully saturated rings. The van der Waals surface area contributed by atoms with Crippen molar-refractivity contribution in [2.75, 3.05) is 145 Å². The van der Waals surface area contributed by atoms with Gasteiger partial charge in [-0.1, -0.05) is 105 Å². The first kappa shape index (κ1) is 137. The van der Waals surface area contributed by atoms with Crippen LogP contribution in [0.15, 0.2) is 202 Å². The first-order valence-corrected chi connectivity index (χ1v) is 41.3. The number of carboxylic acid groups (broad SMARTS) is 5. The molecule has 0 bridgehead atoms. The SMILES string of the molecule is C=CC(=O)OC(COC(=O)CCC(=O)O)COC(=O)C(=C)C.C=CC(=O)OCC(COC(=O)C=C)(COC(=O)C=C)COC(=O)C(=O)O.C=CC(=O)OCC(COC(=O)C=C)(COC(=O)C=C)COC(=O)CC(=O)O.C=CC(=O)OCC(COC(=O)C=C)(COC(=O)C=C)COC(=O)CCC(=O)O.C=CC(=O)OCC(COCC(COC(=O)C=C)(COC(=O)C=C)COC(=O)CCC(=O)O)(COC(=O)C=C)COC(=O)C=C. The van der Waals surface area contributed by atoms with Gasteiger partial charge in [0, 0.05) is 96.7 Å². The van der Waals surface area contributed by atoms with Crippen LogP contribution in [0.25, 0.3) is 0 Å². The van der Waals surface area contributed by atoms with E-state index in [-0.39, 0.29) is 31.6 Å². The number of hydrogen-bond acceptors (Lipinski definition) is 48. The second-order valence-corrected chi connectivity index (χ2v) is 28.8. The normalized spacial score (nSPS) is 10.4. The maximum absolute atomic E-state index is 12.2. The predicted molar refractivity (Wildman–Crippen MR) is 490 cm³/mol. The Morgan fingerprint density at radius 3 is 0.571 bits per heavy atom. The molecule has 1 unspecified atom stereocenters. The Kier molecular flexibility index (Phi) is 73.6. The van der Waals surface area contributed by atoms with Crippen LogP contribution in [0.5, 0.6) is 0 Å². The lowest BCUT2D eigenvalue weighted by atomic mass is 9.90. The summed E-state index contributed by atoms with van der Waals surface area (Å²) in [6.07, 6.45) is 8.48. The van der Waals surface area contributed by atoms with Gasteiger partial charge >= 0.3 is 155 Å². The van der Waals surface area contributed by atoms with Crippen LogP contribution < -0.4 is 0 Å². The number of carbonyl (C=O) groups excluding carboxylic acids is 21. The molecule has 53 nitrogen and oxygen atoms in total. The van der Waals surface area contributed by atoms with Crippen molar-refractivity contribution in [1.29, 1.82) is 0 Å². The van der Waals surface area contributed by atoms with Gasteiger partial charge in [0.15, 0.2) is 6.10 Å². The fourth-order valence-corrected chi connectivity index (χ4v) is 8.50. The average molecular weight is 2090 g/mol. The zero-order valence-electron chi connectivity index (χ0n) is 79.9. The summed E-state index contributed by atoms with van der Waals surface area (Å²) in [5, 5.41) is 43.0. The molecule has 0 aromatic rings. The molecule has 0 amide bonds. The van der Waals surface area contributed by atoms with Crippen molar-refractivity contribution in [3.8, 4) is 0 Å². The summed E-state index contributed by atoms with van der Waals surface area (Å²) in [6.45, 7) is 42.2. The van der Waals surface area contributed by atoms with Crippen LogP contribution >= 0.6 is 0 Å². The molecule has 1 atom stereocenters. The molecular formula is C94H114O53. The van der Waals surface area contributed by atoms with Crippen LogP contribution in [-0.4, -0.2) is 332 Å². The van der Waals surface area contributed by atoms with Gasteiger partial charge in [-0.25, -0.2) is 86.3 Å². The van der Waals surface area contributed by atoms with E-state index in [0.717, 1.165) is 91.1 Å². The molecule has 0 heterocycles. The zero-order valence-corrected chi connectivity index (χ0v) is 79.9. The molecule has 53 heteroatoms. The molecule has 0 saturated heterocycles. The van der Waals surface area contributed by atoms with E-state index in [1.54, 1.807) is 0 Å². The van der Waals surface area contributed by atoms with Crippen LogP contribution in [0.3, 0.4) is 0 Å². The van der Waals surface area contributed by atoms with Crippen LogP contribution in [-0.2, 0) is 229 Å². The van der Waals surface area contributed by atoms with Crippen molar-refractivity contribution >= 4 is 155 Å². The van der Waals surface area contributed by atoms with Gasteiger partial charge in [-0.05, 0) is 6.92 Å². The lowest BCUT2D eigenvalue weighted by Gasteiger charge is -2.35. The summed E-state index contributed by atoms with van der Waals surface area (Å²) in [6, 6.07) is 0. The second kappa shape index (κ2) is 78.7. The van der Waals surface area contributed by atoms with Crippen molar-refractivity contribution in [2.24, 2.45) is 27.1 Å². The molecule has 0 aliphatic heterocycles. The highest BCUT2D eigenvalue weighted by molar-refractivity contribution is 6.28. The van der Waals surface area contributed by atoms with Crippen LogP contribution in [0.1, 0.15) is 51.9 Å². The molecule has 0 radical (unpaired) electrons. The van der Waals surface area contributed by atoms with Gasteiger partial charge in [0.05, 0.1) is 62.6 Å². The maximum atomic E-state index is 12.2. The van der Waals surface area contributed by atoms with E-state index in [1.807, 2.05) is 0 Å². The monoisotopic (exact) mass is 2090 g/mol. The summed E-state index contributed by atoms with van der Waals surface area (Å²) in [5.41, 5.74) is -7.50. The van der Waals surface area contributed by atoms with E-state index in [0.29, 0.717) is 0 Å². The van der Waals surface area contributed by atoms with Crippen molar-refractivity contribution in [3.05, 3.63) is 202 Å². The molecule has 0 aromatic heterocycles. The number of carbonyl (C=O) groups is 26. The Morgan fingerprint density at radius 2 is 0.388 bits per heavy atom. The molecule has 0 aromatic carbocycles. The van der Waals surface area contributed by atoms with Crippen molar-refractivity contribution < 1.29 is 254 Å². The molecular weight excluding hydrogens is 1980 g/mol. The summed E-state index contributed by atoms with van der Waals surface area (Å²) in [5.74, 6) is -25.5. The van der Waals surface area contributed by atoms with E-state index in [2.05, 4.69) is 110 Å². The van der Waals surface area contributed by atoms with E-state index >= 15 is 0 Å². The fraction of sp³-hybridized carbons (Fsp3) is 0.383. The number of esters is 21. The lowest BCUT2D eigenvalue weighted by Crippen LogP contribution is -2.47. The lowest BCUT2D eigenvalue weighted by molar-refractivity contribution is -0.175. The van der Waals surface area contributed by atoms with E-state index < -0.39 is 353 Å². The van der Waals surface area contributed by atoms with Gasteiger partial charge in [0.25, 0.3) is 0 Å². The maximum Gasteiger partial charge on any atom is 0.417 e. The van der Waals surface area contributed by atoms with Crippen LogP contribution in [0.2, 0.25) is 0 Å². The first-order valence-electron chi connectivity index (χ1n) is 41.3. The fourth-order valence-electron chi connectivity index (χ4n) is 8.50.